The maximum absolute atomic E-state index is 12.7. The average molecular weight is 1610 g/mol. The summed E-state index contributed by atoms with van der Waals surface area (Å²) in [6.07, 6.45) is 2.10. The monoisotopic (exact) mass is 1610 g/mol. The van der Waals surface area contributed by atoms with Crippen LogP contribution in [-0.2, 0) is 71.9 Å². The minimum atomic E-state index is -0.956. The van der Waals surface area contributed by atoms with Crippen LogP contribution in [0.3, 0.4) is 0 Å². The molecule has 0 aromatic heterocycles. The van der Waals surface area contributed by atoms with Crippen LogP contribution in [0.1, 0.15) is 284 Å². The Kier molecular flexibility index (Phi) is 24.0. The van der Waals surface area contributed by atoms with E-state index in [1.165, 1.54) is 17.7 Å². The lowest BCUT2D eigenvalue weighted by Gasteiger charge is -2.29. The van der Waals surface area contributed by atoms with Gasteiger partial charge in [-0.05, 0) is 200 Å². The Morgan fingerprint density at radius 1 is 0.305 bits per heavy atom. The summed E-state index contributed by atoms with van der Waals surface area (Å²) < 4.78 is 5.72. The standard InChI is InChI=1S/C19H18N2O4.C19H20N2O3.C17H18N2O5.C17H18N2O4.C17H20N2O3/c1-19(2,3)9-8-11-4-5-12-13(10-11)18(25)21(17(12)24)14-6-7-15(22)20-16(14)23;1-19(2,3)9-8-12-4-5-14-13(10-12)11-21(18(14)24)15-6-7-16(22)20-17(15)23;1-17(2,3)24-9-4-5-10-11(8-9)16(23)19(15(10)22)12-6-7-13(20)18-14(12)21;1-17(2,3)9-4-5-10-11(8-9)16(23)19(15(10)22)12-6-7-13(20)18-14(12)21;1-17(2,3)11-4-5-12-10(8-11)9-19(16(12)22)13-6-7-14(20)18-15(13)21/h4-5,10,14H,6-7H2,1-3H3,(H,20,22,23);4-5,10,15H,6-7,11H2,1-3H3,(H,20,22,23);4-5,8,12H,6-7H2,1-3H3,(H,18,20,21);4-5,8,12H,6-7H2,1-3H3,(H,18,20,21);4-5,8,13H,6-7,9H2,1-3H3,(H,18,20,21). The van der Waals surface area contributed by atoms with Gasteiger partial charge >= 0.3 is 0 Å². The molecule has 10 heterocycles. The van der Waals surface area contributed by atoms with Crippen molar-refractivity contribution in [3.63, 3.8) is 0 Å². The van der Waals surface area contributed by atoms with Crippen molar-refractivity contribution in [3.05, 3.63) is 169 Å². The molecule has 5 atom stereocenters. The molecule has 118 heavy (non-hydrogen) atoms. The molecule has 29 nitrogen and oxygen atoms in total. The Morgan fingerprint density at radius 2 is 0.593 bits per heavy atom. The van der Waals surface area contributed by atoms with Crippen LogP contribution in [0.5, 0.6) is 5.75 Å². The summed E-state index contributed by atoms with van der Waals surface area (Å²) in [6, 6.07) is 22.2. The first-order valence-electron chi connectivity index (χ1n) is 38.9. The summed E-state index contributed by atoms with van der Waals surface area (Å²) in [5, 5.41) is 11.2. The third kappa shape index (κ3) is 19.0. The van der Waals surface area contributed by atoms with Gasteiger partial charge in [0, 0.05) is 78.3 Å². The van der Waals surface area contributed by atoms with Gasteiger partial charge in [0.2, 0.25) is 59.1 Å². The molecule has 18 amide bonds. The van der Waals surface area contributed by atoms with Gasteiger partial charge in [0.1, 0.15) is 41.6 Å². The molecule has 0 aliphatic carbocycles. The molecule has 15 rings (SSSR count). The van der Waals surface area contributed by atoms with Crippen molar-refractivity contribution in [1.82, 2.24) is 51.1 Å². The molecular weight excluding hydrogens is 1510 g/mol. The number of amides is 18. The molecule has 0 saturated carbocycles. The number of carbonyl (C=O) groups excluding carboxylic acids is 18. The van der Waals surface area contributed by atoms with Crippen LogP contribution in [0.25, 0.3) is 0 Å². The smallest absolute Gasteiger partial charge is 0.262 e. The SMILES string of the molecule is CC(C)(C)C#Cc1ccc2c(c1)C(=O)N(C1CCC(=O)NC1=O)C2=O.CC(C)(C)C#Cc1ccc2c(c1)CN(C1CCC(=O)NC1=O)C2=O.CC(C)(C)Oc1ccc2c(c1)C(=O)N(C1CCC(=O)NC1=O)C2=O.CC(C)(C)c1ccc2c(c1)C(=O)N(C1CCC(=O)NC1=O)C2=O.CC(C)(C)c1ccc2c(c1)CN(C1CCC(=O)NC1=O)C2=O. The Balaban J connectivity index is 0.000000145. The molecule has 5 unspecified atom stereocenters. The number of nitrogens with one attached hydrogen (secondary N) is 5. The number of fused-ring (bicyclic) bond motifs is 5. The predicted molar refractivity (Wildman–Crippen MR) is 425 cm³/mol. The predicted octanol–water partition coefficient (Wildman–Crippen LogP) is 7.73. The average Bonchev–Trinajstić information content (AvgIpc) is 1.62. The van der Waals surface area contributed by atoms with E-state index >= 15 is 0 Å². The zero-order chi connectivity index (χ0) is 86.5. The second kappa shape index (κ2) is 33.0. The van der Waals surface area contributed by atoms with Crippen molar-refractivity contribution < 1.29 is 91.0 Å². The van der Waals surface area contributed by atoms with E-state index in [9.17, 15) is 86.3 Å². The van der Waals surface area contributed by atoms with Crippen LogP contribution < -0.4 is 31.3 Å². The molecule has 0 bridgehead atoms. The Morgan fingerprint density at radius 3 is 0.941 bits per heavy atom. The van der Waals surface area contributed by atoms with E-state index in [1.54, 1.807) is 52.3 Å². The number of benzene rings is 5. The van der Waals surface area contributed by atoms with Crippen molar-refractivity contribution in [2.45, 2.75) is 228 Å². The molecule has 10 aliphatic heterocycles. The zero-order valence-corrected chi connectivity index (χ0v) is 68.5. The minimum absolute atomic E-state index is 0.0140. The number of hydrogen-bond donors (Lipinski definition) is 5. The van der Waals surface area contributed by atoms with E-state index in [2.05, 4.69) is 77.1 Å². The lowest BCUT2D eigenvalue weighted by Crippen LogP contribution is -2.54. The topological polar surface area (TPSA) is 393 Å². The lowest BCUT2D eigenvalue weighted by atomic mass is 9.85. The van der Waals surface area contributed by atoms with E-state index < -0.39 is 101 Å². The maximum atomic E-state index is 12.7. The molecule has 0 spiro atoms. The molecule has 5 N–H and O–H groups in total. The van der Waals surface area contributed by atoms with Gasteiger partial charge in [-0.25, -0.2) is 0 Å². The van der Waals surface area contributed by atoms with Gasteiger partial charge < -0.3 is 14.5 Å². The summed E-state index contributed by atoms with van der Waals surface area (Å²) >= 11 is 0. The fourth-order valence-corrected chi connectivity index (χ4v) is 14.6. The second-order valence-electron chi connectivity index (χ2n) is 35.3. The largest absolute Gasteiger partial charge is 0.488 e. The second-order valence-corrected chi connectivity index (χ2v) is 35.3. The fourth-order valence-electron chi connectivity index (χ4n) is 14.6. The van der Waals surface area contributed by atoms with Crippen LogP contribution in [0.4, 0.5) is 0 Å². The Labute approximate surface area is 682 Å². The molecule has 0 radical (unpaired) electrons. The van der Waals surface area contributed by atoms with Crippen molar-refractivity contribution in [2.75, 3.05) is 0 Å². The molecule has 29 heteroatoms. The van der Waals surface area contributed by atoms with Crippen LogP contribution in [0.15, 0.2) is 91.0 Å². The first-order valence-corrected chi connectivity index (χ1v) is 38.9. The summed E-state index contributed by atoms with van der Waals surface area (Å²) in [4.78, 5) is 223. The summed E-state index contributed by atoms with van der Waals surface area (Å²) in [7, 11) is 0. The van der Waals surface area contributed by atoms with Crippen LogP contribution in [0.2, 0.25) is 0 Å². The maximum Gasteiger partial charge on any atom is 0.262 e. The van der Waals surface area contributed by atoms with Gasteiger partial charge in [0.05, 0.1) is 33.4 Å². The number of carbonyl (C=O) groups is 18. The number of hydrogen-bond acceptors (Lipinski definition) is 19. The van der Waals surface area contributed by atoms with E-state index in [4.69, 9.17) is 4.74 Å². The zero-order valence-electron chi connectivity index (χ0n) is 68.5. The molecular formula is C89H94N10O19. The minimum Gasteiger partial charge on any atom is -0.488 e. The van der Waals surface area contributed by atoms with E-state index in [1.807, 2.05) is 113 Å². The number of imide groups is 8. The molecule has 5 aromatic rings. The van der Waals surface area contributed by atoms with E-state index in [-0.39, 0.29) is 137 Å². The van der Waals surface area contributed by atoms with Gasteiger partial charge in [-0.1, -0.05) is 83.4 Å². The van der Waals surface area contributed by atoms with Gasteiger partial charge in [-0.3, -0.25) is 128 Å². The highest BCUT2D eigenvalue weighted by molar-refractivity contribution is 6.26. The van der Waals surface area contributed by atoms with Crippen molar-refractivity contribution >= 4 is 106 Å². The fraction of sp³-hybridized carbons (Fsp3) is 0.416. The molecule has 10 aliphatic rings. The first-order chi connectivity index (χ1) is 55.1. The highest BCUT2D eigenvalue weighted by Gasteiger charge is 2.49. The van der Waals surface area contributed by atoms with Crippen molar-refractivity contribution in [2.24, 2.45) is 10.8 Å². The Hall–Kier alpha value is -12.9. The number of rotatable bonds is 6. The van der Waals surface area contributed by atoms with Crippen LogP contribution >= 0.6 is 0 Å². The van der Waals surface area contributed by atoms with E-state index in [0.29, 0.717) is 59.5 Å². The number of piperidine rings is 5. The summed E-state index contributed by atoms with van der Waals surface area (Å²) in [5.41, 5.74) is 7.48. The van der Waals surface area contributed by atoms with Gasteiger partial charge in [0.15, 0.2) is 0 Å². The number of ether oxygens (including phenoxy) is 1. The van der Waals surface area contributed by atoms with Crippen LogP contribution in [0, 0.1) is 34.5 Å². The normalized spacial score (nSPS) is 20.9. The number of nitrogens with zero attached hydrogens (tertiary/aromatic N) is 5. The van der Waals surface area contributed by atoms with Crippen molar-refractivity contribution in [1.29, 1.82) is 0 Å². The third-order valence-corrected chi connectivity index (χ3v) is 20.7. The Bertz CT molecular complexity index is 5360. The van der Waals surface area contributed by atoms with Crippen molar-refractivity contribution in [3.8, 4) is 29.4 Å². The lowest BCUT2D eigenvalue weighted by molar-refractivity contribution is -0.138. The van der Waals surface area contributed by atoms with Gasteiger partial charge in [-0.2, -0.15) is 0 Å². The first kappa shape index (κ1) is 86.0. The molecule has 614 valence electrons. The molecule has 5 aromatic carbocycles. The van der Waals surface area contributed by atoms with Crippen LogP contribution in [-0.4, -0.2) is 167 Å². The third-order valence-electron chi connectivity index (χ3n) is 20.7. The molecule has 5 saturated heterocycles. The quantitative estimate of drug-likeness (QED) is 0.0801. The highest BCUT2D eigenvalue weighted by Crippen LogP contribution is 2.37. The van der Waals surface area contributed by atoms with Gasteiger partial charge in [-0.15, -0.1) is 0 Å². The molecule has 5 fully saturated rings. The van der Waals surface area contributed by atoms with E-state index in [0.717, 1.165) is 37.0 Å². The summed E-state index contributed by atoms with van der Waals surface area (Å²) in [6.45, 7) is 31.0. The van der Waals surface area contributed by atoms with Gasteiger partial charge in [0.25, 0.3) is 47.3 Å². The summed E-state index contributed by atoms with van der Waals surface area (Å²) in [5.74, 6) is 5.29. The highest BCUT2D eigenvalue weighted by atomic mass is 16.5.